The molecule has 0 radical (unpaired) electrons. The number of azide groups is 2. The first-order valence-electron chi connectivity index (χ1n) is 15.2. The maximum absolute atomic E-state index is 11.8. The zero-order chi connectivity index (χ0) is 36.8. The fraction of sp³-hybridized carbons (Fsp3) is 0.162. The molecule has 6 aromatic rings. The average molecular weight is 975 g/mol. The minimum Gasteiger partial charge on any atom is -1.00 e. The van der Waals surface area contributed by atoms with Crippen LogP contribution in [-0.4, -0.2) is 31.3 Å². The SMILES string of the molecule is C.CCCN=[N+]=[N-].O=CO[O-].O=c1cc(-c2ccccc2)c2ccc(O)cc2o1.[Cs+].[Cs+].[H-].[N-]=[N+]=NCCOc1ccc2c(-c3ccccc3)cc(=O)oc2c1. The van der Waals surface area contributed by atoms with E-state index in [0.29, 0.717) is 23.5 Å². The van der Waals surface area contributed by atoms with Gasteiger partial charge in [-0.15, -0.1) is 0 Å². The van der Waals surface area contributed by atoms with Crippen LogP contribution < -0.4 is 159 Å². The molecule has 0 aliphatic carbocycles. The molecule has 2 heterocycles. The van der Waals surface area contributed by atoms with Crippen LogP contribution in [-0.2, 0) is 9.68 Å². The van der Waals surface area contributed by atoms with E-state index in [9.17, 15) is 14.7 Å². The Morgan fingerprint density at radius 1 is 0.759 bits per heavy atom. The van der Waals surface area contributed by atoms with E-state index in [2.05, 4.69) is 24.9 Å². The van der Waals surface area contributed by atoms with Crippen LogP contribution >= 0.6 is 0 Å². The van der Waals surface area contributed by atoms with Gasteiger partial charge in [0, 0.05) is 51.4 Å². The quantitative estimate of drug-likeness (QED) is 0.0326. The third-order valence-electron chi connectivity index (χ3n) is 6.56. The number of fused-ring (bicyclic) bond motifs is 2. The molecule has 0 spiro atoms. The molecule has 0 amide bonds. The smallest absolute Gasteiger partial charge is 1.00 e. The number of phenolic OH excluding ortho intramolecular Hbond substituents is 1. The first-order chi connectivity index (χ1) is 24.8. The fourth-order valence-electron chi connectivity index (χ4n) is 4.49. The van der Waals surface area contributed by atoms with Gasteiger partial charge in [0.1, 0.15) is 22.7 Å². The maximum atomic E-state index is 11.8. The van der Waals surface area contributed by atoms with Crippen molar-refractivity contribution in [2.75, 3.05) is 19.7 Å². The molecular formula is C37H36Cs2N6O9. The molecule has 15 nitrogen and oxygen atoms in total. The molecule has 0 atom stereocenters. The second-order valence-electron chi connectivity index (χ2n) is 9.98. The van der Waals surface area contributed by atoms with E-state index in [1.807, 2.05) is 73.7 Å². The Kier molecular flexibility index (Phi) is 27.8. The molecule has 4 aromatic carbocycles. The van der Waals surface area contributed by atoms with E-state index in [1.165, 1.54) is 18.2 Å². The fourth-order valence-corrected chi connectivity index (χ4v) is 4.49. The monoisotopic (exact) mass is 974 g/mol. The third-order valence-corrected chi connectivity index (χ3v) is 6.56. The molecule has 0 aliphatic rings. The van der Waals surface area contributed by atoms with Crippen molar-refractivity contribution in [2.24, 2.45) is 10.2 Å². The molecule has 0 saturated heterocycles. The average Bonchev–Trinajstić information content (AvgIpc) is 3.16. The summed E-state index contributed by atoms with van der Waals surface area (Å²) in [5.41, 5.74) is 19.4. The number of phenols is 1. The van der Waals surface area contributed by atoms with Crippen molar-refractivity contribution in [2.45, 2.75) is 20.8 Å². The van der Waals surface area contributed by atoms with Crippen LogP contribution in [0.25, 0.3) is 65.1 Å². The largest absolute Gasteiger partial charge is 1.00 e. The van der Waals surface area contributed by atoms with E-state index in [4.69, 9.17) is 34.7 Å². The van der Waals surface area contributed by atoms with Crippen molar-refractivity contribution >= 4 is 28.4 Å². The molecule has 0 saturated carbocycles. The maximum Gasteiger partial charge on any atom is 1.00 e. The van der Waals surface area contributed by atoms with Crippen LogP contribution in [0.4, 0.5) is 0 Å². The number of rotatable bonds is 9. The van der Waals surface area contributed by atoms with Gasteiger partial charge in [0.05, 0.1) is 13.2 Å². The van der Waals surface area contributed by atoms with Crippen molar-refractivity contribution in [3.8, 4) is 33.8 Å². The summed E-state index contributed by atoms with van der Waals surface area (Å²) in [6, 6.07) is 32.3. The van der Waals surface area contributed by atoms with Crippen LogP contribution in [0, 0.1) is 0 Å². The van der Waals surface area contributed by atoms with Crippen molar-refractivity contribution < 1.29 is 173 Å². The topological polar surface area (TPSA) is 237 Å². The molecule has 270 valence electrons. The molecule has 0 aliphatic heterocycles. The Morgan fingerprint density at radius 3 is 1.67 bits per heavy atom. The Morgan fingerprint density at radius 2 is 1.22 bits per heavy atom. The van der Waals surface area contributed by atoms with Gasteiger partial charge in [0.15, 0.2) is 0 Å². The predicted molar refractivity (Wildman–Crippen MR) is 196 cm³/mol. The predicted octanol–water partition coefficient (Wildman–Crippen LogP) is 2.21. The van der Waals surface area contributed by atoms with Crippen molar-refractivity contribution in [1.29, 1.82) is 0 Å². The van der Waals surface area contributed by atoms with E-state index in [-0.39, 0.29) is 172 Å². The van der Waals surface area contributed by atoms with Gasteiger partial charge in [-0.2, -0.15) is 0 Å². The van der Waals surface area contributed by atoms with Gasteiger partial charge < -0.3 is 30.2 Å². The first-order valence-corrected chi connectivity index (χ1v) is 15.2. The summed E-state index contributed by atoms with van der Waals surface area (Å²) in [7, 11) is 0. The minimum atomic E-state index is -0.424. The Bertz CT molecular complexity index is 2250. The van der Waals surface area contributed by atoms with Crippen molar-refractivity contribution in [3.63, 3.8) is 0 Å². The molecule has 6 rings (SSSR count). The van der Waals surface area contributed by atoms with E-state index >= 15 is 0 Å². The van der Waals surface area contributed by atoms with Crippen LogP contribution in [0.15, 0.2) is 138 Å². The molecule has 17 heteroatoms. The van der Waals surface area contributed by atoms with Crippen LogP contribution in [0.2, 0.25) is 0 Å². The Balaban J connectivity index is 0. The number of benzene rings is 4. The van der Waals surface area contributed by atoms with E-state index in [1.54, 1.807) is 24.3 Å². The summed E-state index contributed by atoms with van der Waals surface area (Å²) in [5.74, 6) is 0.634. The summed E-state index contributed by atoms with van der Waals surface area (Å²) >= 11 is 0. The zero-order valence-electron chi connectivity index (χ0n) is 30.2. The van der Waals surface area contributed by atoms with E-state index < -0.39 is 11.3 Å². The number of aromatic hydroxyl groups is 1. The number of carbonyl (C=O) groups excluding carboxylic acids is 1. The van der Waals surface area contributed by atoms with Crippen LogP contribution in [0.3, 0.4) is 0 Å². The standard InChI is InChI=1S/C17H13N3O3.C15H10O3.C3H7N3.CH2O3.CH4.2Cs.H/c18-20-19-8-9-22-13-6-7-14-15(12-4-2-1-3-5-12)11-17(21)23-16(14)10-13;16-11-6-7-12-13(10-4-2-1-3-5-10)9-15(17)18-14(12)8-11;1-2-3-5-6-4;2-1-4-3;;;;/h1-7,10-11H,8-9H2;1-9,16H;2-3H2,1H3;1,3H;1H4;;;/q;;;;;2*+1;-1/p-1. The third kappa shape index (κ3) is 17.2. The molecule has 0 unspecified atom stereocenters. The van der Waals surface area contributed by atoms with Gasteiger partial charge >= 0.3 is 149 Å². The summed E-state index contributed by atoms with van der Waals surface area (Å²) in [4.78, 5) is 39.8. The molecule has 54 heavy (non-hydrogen) atoms. The zero-order valence-corrected chi connectivity index (χ0v) is 41.8. The molecule has 2 aromatic heterocycles. The van der Waals surface area contributed by atoms with Gasteiger partial charge in [-0.05, 0) is 57.6 Å². The second kappa shape index (κ2) is 29.4. The van der Waals surface area contributed by atoms with Crippen LogP contribution in [0.5, 0.6) is 11.5 Å². The van der Waals surface area contributed by atoms with Crippen molar-refractivity contribution in [3.05, 3.63) is 151 Å². The van der Waals surface area contributed by atoms with Gasteiger partial charge in [0.25, 0.3) is 6.47 Å². The van der Waals surface area contributed by atoms with E-state index in [0.717, 1.165) is 39.4 Å². The first kappa shape index (κ1) is 51.1. The Labute approximate surface area is 429 Å². The summed E-state index contributed by atoms with van der Waals surface area (Å²) in [6.45, 7) is 2.91. The Hall–Kier alpha value is -2.95. The van der Waals surface area contributed by atoms with Crippen LogP contribution in [0.1, 0.15) is 22.2 Å². The molecule has 0 bridgehead atoms. The number of hydrogen-bond donors (Lipinski definition) is 1. The van der Waals surface area contributed by atoms with Gasteiger partial charge in [-0.1, -0.05) is 91.7 Å². The van der Waals surface area contributed by atoms with Gasteiger partial charge in [0.2, 0.25) is 0 Å². The second-order valence-corrected chi connectivity index (χ2v) is 9.98. The molecule has 1 N–H and O–H groups in total. The molecule has 0 fully saturated rings. The summed E-state index contributed by atoms with van der Waals surface area (Å²) in [5, 5.41) is 26.2. The van der Waals surface area contributed by atoms with Gasteiger partial charge in [-0.25, -0.2) is 9.59 Å². The minimum absolute atomic E-state index is 0. The number of carbonyl (C=O) groups is 1. The number of hydrogen-bond acceptors (Lipinski definition) is 11. The summed E-state index contributed by atoms with van der Waals surface area (Å²) < 4.78 is 15.8. The van der Waals surface area contributed by atoms with Gasteiger partial charge in [-0.3, -0.25) is 4.79 Å². The number of ether oxygens (including phenoxy) is 1. The van der Waals surface area contributed by atoms with Crippen molar-refractivity contribution in [1.82, 2.24) is 0 Å². The molecular weight excluding hydrogens is 938 g/mol. The summed E-state index contributed by atoms with van der Waals surface area (Å²) in [6.07, 6.45) is 0.935. The normalized spacial score (nSPS) is 9.07. The number of nitrogens with zero attached hydrogens (tertiary/aromatic N) is 6.